The molecule has 0 aliphatic rings. The summed E-state index contributed by atoms with van der Waals surface area (Å²) in [5.74, 6) is 0.187. The van der Waals surface area contributed by atoms with Gasteiger partial charge in [0.25, 0.3) is 0 Å². The number of carbonyl (C=O) groups is 1. The first-order valence-corrected chi connectivity index (χ1v) is 4.99. The largest absolute Gasteiger partial charge is 0.392 e. The summed E-state index contributed by atoms with van der Waals surface area (Å²) in [6.07, 6.45) is -0.485. The molecule has 0 aromatic carbocycles. The van der Waals surface area contributed by atoms with Gasteiger partial charge in [-0.1, -0.05) is 13.8 Å². The lowest BCUT2D eigenvalue weighted by atomic mass is 10.1. The minimum absolute atomic E-state index is 0.0285. The maximum Gasteiger partial charge on any atom is 0.235 e. The first kappa shape index (κ1) is 12.8. The molecule has 4 heteroatoms. The van der Waals surface area contributed by atoms with Gasteiger partial charge >= 0.3 is 0 Å². The second kappa shape index (κ2) is 5.50. The topological polar surface area (TPSA) is 40.5 Å². The summed E-state index contributed by atoms with van der Waals surface area (Å²) < 4.78 is 0. The van der Waals surface area contributed by atoms with Gasteiger partial charge in [-0.15, -0.1) is 0 Å². The third-order valence-electron chi connectivity index (χ3n) is 1.80. The van der Waals surface area contributed by atoms with E-state index in [1.165, 1.54) is 4.90 Å². The Balaban J connectivity index is 4.09. The first-order chi connectivity index (χ1) is 5.86. The summed E-state index contributed by atoms with van der Waals surface area (Å²) in [6, 6.07) is 0. The third kappa shape index (κ3) is 4.52. The molecule has 0 bridgehead atoms. The van der Waals surface area contributed by atoms with E-state index in [1.807, 2.05) is 13.8 Å². The minimum atomic E-state index is -0.485. The predicted molar refractivity (Wildman–Crippen MR) is 56.9 cm³/mol. The average molecular weight is 205 g/mol. The Morgan fingerprint density at radius 3 is 2.23 bits per heavy atom. The number of rotatable bonds is 4. The molecule has 0 saturated heterocycles. The standard InChI is InChI=1S/C9H19NO2S/c1-6(2)8(13)9(12)10(4)5-7(3)11/h6-8,11,13H,5H2,1-4H3. The average Bonchev–Trinajstić information content (AvgIpc) is 2.00. The number of carbonyl (C=O) groups excluding carboxylic acids is 1. The Morgan fingerprint density at radius 1 is 1.46 bits per heavy atom. The van der Waals surface area contributed by atoms with Crippen molar-refractivity contribution in [1.82, 2.24) is 4.90 Å². The molecule has 78 valence electrons. The third-order valence-corrected chi connectivity index (χ3v) is 2.62. The van der Waals surface area contributed by atoms with Crippen LogP contribution in [-0.4, -0.2) is 40.9 Å². The quantitative estimate of drug-likeness (QED) is 0.666. The number of likely N-dealkylation sites (N-methyl/N-ethyl adjacent to an activating group) is 1. The van der Waals surface area contributed by atoms with Crippen LogP contribution in [0.4, 0.5) is 0 Å². The summed E-state index contributed by atoms with van der Waals surface area (Å²) in [4.78, 5) is 13.1. The summed E-state index contributed by atoms with van der Waals surface area (Å²) in [5, 5.41) is 8.80. The molecule has 0 aliphatic carbocycles. The zero-order chi connectivity index (χ0) is 10.6. The summed E-state index contributed by atoms with van der Waals surface area (Å²) in [7, 11) is 1.68. The molecule has 0 aromatic rings. The summed E-state index contributed by atoms with van der Waals surface area (Å²) in [6.45, 7) is 5.92. The fourth-order valence-corrected chi connectivity index (χ4v) is 1.19. The van der Waals surface area contributed by atoms with E-state index in [1.54, 1.807) is 14.0 Å². The molecule has 0 aliphatic heterocycles. The van der Waals surface area contributed by atoms with Crippen molar-refractivity contribution in [1.29, 1.82) is 0 Å². The number of thiol groups is 1. The van der Waals surface area contributed by atoms with Gasteiger partial charge in [-0.25, -0.2) is 0 Å². The molecule has 0 aromatic heterocycles. The fraction of sp³-hybridized carbons (Fsp3) is 0.889. The Bertz CT molecular complexity index is 171. The van der Waals surface area contributed by atoms with Crippen LogP contribution in [0.15, 0.2) is 0 Å². The molecular weight excluding hydrogens is 186 g/mol. The number of amides is 1. The van der Waals surface area contributed by atoms with Crippen LogP contribution >= 0.6 is 12.6 Å². The number of aliphatic hydroxyl groups is 1. The number of hydrogen-bond donors (Lipinski definition) is 2. The first-order valence-electron chi connectivity index (χ1n) is 4.47. The van der Waals surface area contributed by atoms with Crippen molar-refractivity contribution in [2.45, 2.75) is 32.1 Å². The van der Waals surface area contributed by atoms with Crippen molar-refractivity contribution >= 4 is 18.5 Å². The van der Waals surface area contributed by atoms with Crippen LogP contribution in [-0.2, 0) is 4.79 Å². The van der Waals surface area contributed by atoms with Gasteiger partial charge in [0.2, 0.25) is 5.91 Å². The second-order valence-electron chi connectivity index (χ2n) is 3.76. The fourth-order valence-electron chi connectivity index (χ4n) is 0.997. The molecule has 0 radical (unpaired) electrons. The van der Waals surface area contributed by atoms with Gasteiger partial charge in [-0.2, -0.15) is 12.6 Å². The van der Waals surface area contributed by atoms with Crippen LogP contribution < -0.4 is 0 Å². The van der Waals surface area contributed by atoms with Gasteiger partial charge in [0, 0.05) is 13.6 Å². The highest BCUT2D eigenvalue weighted by molar-refractivity contribution is 7.81. The van der Waals surface area contributed by atoms with Crippen molar-refractivity contribution in [2.24, 2.45) is 5.92 Å². The number of hydrogen-bond acceptors (Lipinski definition) is 3. The van der Waals surface area contributed by atoms with Gasteiger partial charge in [0.15, 0.2) is 0 Å². The van der Waals surface area contributed by atoms with Crippen molar-refractivity contribution in [3.63, 3.8) is 0 Å². The van der Waals surface area contributed by atoms with Crippen molar-refractivity contribution < 1.29 is 9.90 Å². The molecule has 0 fully saturated rings. The minimum Gasteiger partial charge on any atom is -0.392 e. The predicted octanol–water partition coefficient (Wildman–Crippen LogP) is 0.780. The Morgan fingerprint density at radius 2 is 1.92 bits per heavy atom. The van der Waals surface area contributed by atoms with Crippen LogP contribution in [0.25, 0.3) is 0 Å². The highest BCUT2D eigenvalue weighted by atomic mass is 32.1. The Kier molecular flexibility index (Phi) is 5.40. The molecule has 0 rings (SSSR count). The van der Waals surface area contributed by atoms with E-state index in [0.717, 1.165) is 0 Å². The number of nitrogens with zero attached hydrogens (tertiary/aromatic N) is 1. The molecule has 1 N–H and O–H groups in total. The Labute approximate surface area is 85.5 Å². The molecule has 2 unspecified atom stereocenters. The number of aliphatic hydroxyl groups excluding tert-OH is 1. The smallest absolute Gasteiger partial charge is 0.235 e. The van der Waals surface area contributed by atoms with Gasteiger partial charge < -0.3 is 10.0 Å². The monoisotopic (exact) mass is 205 g/mol. The molecular formula is C9H19NO2S. The van der Waals surface area contributed by atoms with E-state index in [2.05, 4.69) is 12.6 Å². The maximum atomic E-state index is 11.6. The van der Waals surface area contributed by atoms with E-state index in [4.69, 9.17) is 5.11 Å². The SMILES string of the molecule is CC(O)CN(C)C(=O)C(S)C(C)C. The molecule has 13 heavy (non-hydrogen) atoms. The normalized spacial score (nSPS) is 15.6. The lowest BCUT2D eigenvalue weighted by molar-refractivity contribution is -0.131. The highest BCUT2D eigenvalue weighted by Crippen LogP contribution is 2.11. The second-order valence-corrected chi connectivity index (χ2v) is 4.31. The zero-order valence-electron chi connectivity index (χ0n) is 8.69. The van der Waals surface area contributed by atoms with Gasteiger partial charge in [-0.05, 0) is 12.8 Å². The Hall–Kier alpha value is -0.220. The van der Waals surface area contributed by atoms with E-state index in [9.17, 15) is 4.79 Å². The molecule has 0 spiro atoms. The van der Waals surface area contributed by atoms with Crippen molar-refractivity contribution in [2.75, 3.05) is 13.6 Å². The highest BCUT2D eigenvalue weighted by Gasteiger charge is 2.21. The van der Waals surface area contributed by atoms with E-state index in [-0.39, 0.29) is 17.1 Å². The van der Waals surface area contributed by atoms with Gasteiger partial charge in [-0.3, -0.25) is 4.79 Å². The van der Waals surface area contributed by atoms with E-state index in [0.29, 0.717) is 6.54 Å². The van der Waals surface area contributed by atoms with Crippen molar-refractivity contribution in [3.8, 4) is 0 Å². The lowest BCUT2D eigenvalue weighted by Crippen LogP contribution is -2.39. The van der Waals surface area contributed by atoms with Crippen LogP contribution in [0.5, 0.6) is 0 Å². The van der Waals surface area contributed by atoms with E-state index < -0.39 is 6.10 Å². The molecule has 0 saturated carbocycles. The van der Waals surface area contributed by atoms with Gasteiger partial charge in [0.1, 0.15) is 0 Å². The zero-order valence-corrected chi connectivity index (χ0v) is 9.58. The summed E-state index contributed by atoms with van der Waals surface area (Å²) >= 11 is 4.21. The van der Waals surface area contributed by atoms with Crippen LogP contribution in [0.1, 0.15) is 20.8 Å². The van der Waals surface area contributed by atoms with Crippen LogP contribution in [0, 0.1) is 5.92 Å². The van der Waals surface area contributed by atoms with Crippen molar-refractivity contribution in [3.05, 3.63) is 0 Å². The summed E-state index contributed by atoms with van der Waals surface area (Å²) in [5.41, 5.74) is 0. The maximum absolute atomic E-state index is 11.6. The molecule has 2 atom stereocenters. The van der Waals surface area contributed by atoms with Crippen LogP contribution in [0.2, 0.25) is 0 Å². The molecule has 0 heterocycles. The molecule has 3 nitrogen and oxygen atoms in total. The lowest BCUT2D eigenvalue weighted by Gasteiger charge is -2.23. The molecule has 1 amide bonds. The van der Waals surface area contributed by atoms with E-state index >= 15 is 0 Å². The van der Waals surface area contributed by atoms with Crippen LogP contribution in [0.3, 0.4) is 0 Å². The van der Waals surface area contributed by atoms with Gasteiger partial charge in [0.05, 0.1) is 11.4 Å².